The Morgan fingerprint density at radius 2 is 0.492 bits per heavy atom. The summed E-state index contributed by atoms with van der Waals surface area (Å²) >= 11 is 1.84. The largest absolute Gasteiger partial charge is 0.456 e. The van der Waals surface area contributed by atoms with E-state index in [1.54, 1.807) is 0 Å². The van der Waals surface area contributed by atoms with Crippen molar-refractivity contribution in [3.05, 3.63) is 363 Å². The number of furan rings is 4. The Bertz CT molecular complexity index is 8450. The lowest BCUT2D eigenvalue weighted by Gasteiger charge is -2.11. The van der Waals surface area contributed by atoms with Gasteiger partial charge in [-0.15, -0.1) is 11.3 Å². The molecule has 630 valence electrons. The third kappa shape index (κ3) is 15.4. The number of benzene rings is 15. The highest BCUT2D eigenvalue weighted by atomic mass is 32.1. The molecular formula is C115H90N10O4S. The molecule has 0 radical (unpaired) electrons. The van der Waals surface area contributed by atoms with Crippen LogP contribution < -0.4 is 0 Å². The summed E-state index contributed by atoms with van der Waals surface area (Å²) in [5.41, 5.74) is 22.4. The highest BCUT2D eigenvalue weighted by Crippen LogP contribution is 2.44. The fraction of sp³-hybridized carbons (Fsp3) is 0.130. The van der Waals surface area contributed by atoms with Crippen LogP contribution in [0.25, 0.3) is 219 Å². The van der Waals surface area contributed by atoms with E-state index in [4.69, 9.17) is 67.5 Å². The Labute approximate surface area is 754 Å². The van der Waals surface area contributed by atoms with E-state index in [-0.39, 0.29) is 23.7 Å². The number of rotatable bonds is 10. The smallest absolute Gasteiger partial charge is 0.144 e. The van der Waals surface area contributed by atoms with E-state index >= 15 is 0 Å². The van der Waals surface area contributed by atoms with Crippen LogP contribution in [0.15, 0.2) is 351 Å². The third-order valence-electron chi connectivity index (χ3n) is 24.0. The lowest BCUT2D eigenvalue weighted by molar-refractivity contribution is 0.668. The minimum Gasteiger partial charge on any atom is -0.456 e. The van der Waals surface area contributed by atoms with Gasteiger partial charge >= 0.3 is 0 Å². The quantitative estimate of drug-likeness (QED) is 0.126. The van der Waals surface area contributed by atoms with E-state index in [0.29, 0.717) is 5.92 Å². The third-order valence-corrected chi connectivity index (χ3v) is 25.1. The molecule has 0 bridgehead atoms. The molecule has 10 heterocycles. The van der Waals surface area contributed by atoms with Crippen LogP contribution in [0.5, 0.6) is 0 Å². The molecule has 0 atom stereocenters. The number of nitrogens with zero attached hydrogens (tertiary/aromatic N) is 10. The second-order valence-corrected chi connectivity index (χ2v) is 35.6. The van der Waals surface area contributed by atoms with Gasteiger partial charge in [-0.2, -0.15) is 0 Å². The van der Waals surface area contributed by atoms with Gasteiger partial charge in [0.25, 0.3) is 0 Å². The van der Waals surface area contributed by atoms with Crippen molar-refractivity contribution in [1.29, 1.82) is 0 Å². The van der Waals surface area contributed by atoms with Crippen molar-refractivity contribution in [1.82, 2.24) is 49.8 Å². The van der Waals surface area contributed by atoms with Crippen molar-refractivity contribution in [2.45, 2.75) is 98.8 Å². The van der Waals surface area contributed by atoms with Crippen LogP contribution in [-0.2, 0) is 0 Å². The summed E-state index contributed by atoms with van der Waals surface area (Å²) in [6, 6.07) is 114. The molecule has 0 N–H and O–H groups in total. The number of hydrogen-bond donors (Lipinski definition) is 0. The summed E-state index contributed by atoms with van der Waals surface area (Å²) in [5, 5.41) is 17.0. The Morgan fingerprint density at radius 1 is 0.192 bits per heavy atom. The van der Waals surface area contributed by atoms with Gasteiger partial charge < -0.3 is 17.7 Å². The second kappa shape index (κ2) is 34.3. The molecule has 0 amide bonds. The van der Waals surface area contributed by atoms with E-state index in [9.17, 15) is 0 Å². The maximum absolute atomic E-state index is 6.23. The maximum Gasteiger partial charge on any atom is 0.144 e. The van der Waals surface area contributed by atoms with Gasteiger partial charge in [-0.05, 0) is 109 Å². The number of hydrogen-bond acceptors (Lipinski definition) is 15. The number of fused-ring (bicyclic) bond motifs is 20. The lowest BCUT2D eigenvalue weighted by Crippen LogP contribution is -2.00. The van der Waals surface area contributed by atoms with Crippen LogP contribution in [0, 0.1) is 0 Å². The van der Waals surface area contributed by atoms with Crippen LogP contribution in [0.3, 0.4) is 0 Å². The van der Waals surface area contributed by atoms with Crippen molar-refractivity contribution >= 4 is 174 Å². The summed E-state index contributed by atoms with van der Waals surface area (Å²) in [5.74, 6) is 5.72. The van der Waals surface area contributed by atoms with E-state index < -0.39 is 0 Å². The Hall–Kier alpha value is -15.6. The summed E-state index contributed by atoms with van der Waals surface area (Å²) in [4.78, 5) is 48.3. The summed E-state index contributed by atoms with van der Waals surface area (Å²) in [6.45, 7) is 21.3. The van der Waals surface area contributed by atoms with E-state index in [2.05, 4.69) is 245 Å². The molecular weight excluding hydrogens is 1620 g/mol. The van der Waals surface area contributed by atoms with E-state index in [0.717, 1.165) is 228 Å². The van der Waals surface area contributed by atoms with Crippen molar-refractivity contribution in [2.75, 3.05) is 0 Å². The predicted octanol–water partition coefficient (Wildman–Crippen LogP) is 32.1. The Morgan fingerprint density at radius 3 is 0.985 bits per heavy atom. The topological polar surface area (TPSA) is 181 Å². The van der Waals surface area contributed by atoms with Crippen molar-refractivity contribution in [3.8, 4) is 56.3 Å². The van der Waals surface area contributed by atoms with Crippen LogP contribution >= 0.6 is 11.3 Å². The molecule has 14 nitrogen and oxygen atoms in total. The Kier molecular flexibility index (Phi) is 21.5. The molecule has 15 heteroatoms. The van der Waals surface area contributed by atoms with Gasteiger partial charge in [0.1, 0.15) is 73.8 Å². The maximum atomic E-state index is 6.23. The molecule has 0 aliphatic heterocycles. The minimum atomic E-state index is 0.258. The minimum absolute atomic E-state index is 0.258. The second-order valence-electron chi connectivity index (χ2n) is 34.5. The van der Waals surface area contributed by atoms with Crippen molar-refractivity contribution in [3.63, 3.8) is 0 Å². The predicted molar refractivity (Wildman–Crippen MR) is 537 cm³/mol. The number of para-hydroxylation sites is 10. The molecule has 15 aromatic carbocycles. The number of aromatic nitrogens is 10. The lowest BCUT2D eigenvalue weighted by atomic mass is 10.00. The monoisotopic (exact) mass is 1710 g/mol. The van der Waals surface area contributed by atoms with Crippen LogP contribution in [0.1, 0.15) is 128 Å². The molecule has 0 aliphatic rings. The first kappa shape index (κ1) is 81.5. The molecule has 0 fully saturated rings. The van der Waals surface area contributed by atoms with Crippen molar-refractivity contribution < 1.29 is 17.7 Å². The summed E-state index contributed by atoms with van der Waals surface area (Å²) in [6.07, 6.45) is 0. The van der Waals surface area contributed by atoms with Gasteiger partial charge in [0.05, 0.1) is 56.1 Å². The van der Waals surface area contributed by atoms with Crippen LogP contribution in [-0.4, -0.2) is 49.8 Å². The van der Waals surface area contributed by atoms with Gasteiger partial charge in [-0.1, -0.05) is 294 Å². The van der Waals surface area contributed by atoms with Crippen LogP contribution in [0.4, 0.5) is 0 Å². The van der Waals surface area contributed by atoms with Crippen molar-refractivity contribution in [2.24, 2.45) is 0 Å². The average molecular weight is 1710 g/mol. The van der Waals surface area contributed by atoms with E-state index in [1.165, 1.54) is 20.2 Å². The molecule has 25 rings (SSSR count). The zero-order chi connectivity index (χ0) is 88.4. The highest BCUT2D eigenvalue weighted by Gasteiger charge is 2.24. The zero-order valence-electron chi connectivity index (χ0n) is 73.7. The molecule has 0 unspecified atom stereocenters. The molecule has 0 aliphatic carbocycles. The SMILES string of the molecule is CC(C)c1nc(-c2ccc3c(c2)oc2ccccc23)c2ccccc2n1.CC(C)c1nc(-c2ccc3c(c2)sc2ccccc23)c2ccccc2n1.CC(C)c1nc(-c2ccc3oc4ccccc4c3c2)c2ccccc2n1.CC(C)c1nc(-c2cccc3c2oc2ccccc23)c2ccccc2n1.CC(C)c1nc(-c2cccc3oc4ccccc4c23)c2ccccc2n1. The van der Waals surface area contributed by atoms with E-state index in [1.807, 2.05) is 169 Å². The highest BCUT2D eigenvalue weighted by molar-refractivity contribution is 7.25. The first-order valence-electron chi connectivity index (χ1n) is 44.5. The van der Waals surface area contributed by atoms with Gasteiger partial charge in [0.15, 0.2) is 0 Å². The fourth-order valence-corrected chi connectivity index (χ4v) is 18.5. The number of thiophene rings is 1. The first-order chi connectivity index (χ1) is 63.6. The average Bonchev–Trinajstić information content (AvgIpc) is 1.59. The van der Waals surface area contributed by atoms with Gasteiger partial charge in [-0.25, -0.2) is 49.8 Å². The van der Waals surface area contributed by atoms with Gasteiger partial charge in [0.2, 0.25) is 0 Å². The fourth-order valence-electron chi connectivity index (χ4n) is 17.4. The van der Waals surface area contributed by atoms with Gasteiger partial charge in [0, 0.05) is 148 Å². The first-order valence-corrected chi connectivity index (χ1v) is 45.3. The Balaban J connectivity index is 0.0000000983. The normalized spacial score (nSPS) is 11.8. The molecule has 0 spiro atoms. The van der Waals surface area contributed by atoms with Crippen LogP contribution in [0.2, 0.25) is 0 Å². The molecule has 10 aromatic heterocycles. The molecule has 0 saturated carbocycles. The zero-order valence-corrected chi connectivity index (χ0v) is 74.5. The molecule has 25 aromatic rings. The summed E-state index contributed by atoms with van der Waals surface area (Å²) in [7, 11) is 0. The molecule has 0 saturated heterocycles. The van der Waals surface area contributed by atoms with Gasteiger partial charge in [-0.3, -0.25) is 0 Å². The summed E-state index contributed by atoms with van der Waals surface area (Å²) < 4.78 is 26.9. The standard InChI is InChI=1S/4C23H18N2O.C23H18N2S/c1-14(2)23-24-19-12-5-3-9-17(19)21(25-23)18-11-7-10-16-15-8-4-6-13-20(15)26-22(16)18;1-14(2)23-24-18-11-5-3-8-15(18)22(25-23)17-10-7-13-20-21(17)16-9-4-6-12-19(16)26-20;1-14(2)23-24-19-9-5-3-8-18(19)22(25-23)15-11-12-17-16-7-4-6-10-20(16)26-21(17)13-15;1-14(2)23-24-19-9-5-3-8-17(19)22(25-23)15-11-12-21-18(13-15)16-7-4-6-10-20(16)26-21;1-14(2)23-24-19-9-5-3-8-18(19)22(25-23)15-11-12-17-16-7-4-6-10-20(16)26-21(17)13-15/h5*3-14H,1-2H3. The molecule has 130 heavy (non-hydrogen) atoms.